The molecule has 0 spiro atoms. The molecule has 0 amide bonds. The molecule has 0 heterocycles. The van der Waals surface area contributed by atoms with Gasteiger partial charge in [0.25, 0.3) is 5.78 Å². The van der Waals surface area contributed by atoms with Gasteiger partial charge in [-0.3, -0.25) is 4.79 Å². The van der Waals surface area contributed by atoms with Gasteiger partial charge in [0.2, 0.25) is 0 Å². The van der Waals surface area contributed by atoms with E-state index in [0.29, 0.717) is 6.08 Å². The van der Waals surface area contributed by atoms with E-state index in [1.807, 2.05) is 0 Å². The van der Waals surface area contributed by atoms with Crippen LogP contribution >= 0.6 is 0 Å². The minimum absolute atomic E-state index is 0. The first-order valence-corrected chi connectivity index (χ1v) is 3.84. The van der Waals surface area contributed by atoms with Crippen LogP contribution in [0, 0.1) is 0 Å². The van der Waals surface area contributed by atoms with Crippen LogP contribution in [0.2, 0.25) is 0 Å². The van der Waals surface area contributed by atoms with E-state index in [1.54, 1.807) is 13.8 Å². The van der Waals surface area contributed by atoms with Crippen LogP contribution in [0.15, 0.2) is 12.0 Å². The number of esters is 1. The summed E-state index contributed by atoms with van der Waals surface area (Å²) in [6, 6.07) is 0. The van der Waals surface area contributed by atoms with Crippen LogP contribution < -0.4 is 34.7 Å². The van der Waals surface area contributed by atoms with E-state index in [-0.39, 0.29) is 42.8 Å². The van der Waals surface area contributed by atoms with E-state index >= 15 is 0 Å². The SMILES string of the molecule is CCOC(=O)C(=O)/C=C(\[O-])OCC.[Na+]. The van der Waals surface area contributed by atoms with Crippen molar-refractivity contribution in [3.8, 4) is 0 Å². The fourth-order valence-corrected chi connectivity index (χ4v) is 0.552. The fraction of sp³-hybridized carbons (Fsp3) is 0.500. The van der Waals surface area contributed by atoms with Gasteiger partial charge in [-0.1, -0.05) is 6.92 Å². The third-order valence-corrected chi connectivity index (χ3v) is 1.01. The van der Waals surface area contributed by atoms with Crippen LogP contribution in [0.4, 0.5) is 0 Å². The molecule has 0 bridgehead atoms. The first-order chi connectivity index (χ1) is 6.11. The number of hydrogen-bond acceptors (Lipinski definition) is 5. The number of carbonyl (C=O) groups excluding carboxylic acids is 2. The molecule has 0 aromatic heterocycles. The molecule has 0 rings (SSSR count). The Morgan fingerprint density at radius 3 is 2.14 bits per heavy atom. The zero-order chi connectivity index (χ0) is 10.3. The number of ketones is 1. The summed E-state index contributed by atoms with van der Waals surface area (Å²) in [4.78, 5) is 21.5. The van der Waals surface area contributed by atoms with Crippen LogP contribution in [0.3, 0.4) is 0 Å². The molecule has 14 heavy (non-hydrogen) atoms. The first kappa shape index (κ1) is 15.9. The van der Waals surface area contributed by atoms with Crippen molar-refractivity contribution in [1.29, 1.82) is 0 Å². The van der Waals surface area contributed by atoms with Gasteiger partial charge in [0.1, 0.15) is 0 Å². The molecule has 0 saturated carbocycles. The summed E-state index contributed by atoms with van der Waals surface area (Å²) in [7, 11) is 0. The van der Waals surface area contributed by atoms with Crippen LogP contribution in [0.5, 0.6) is 0 Å². The van der Waals surface area contributed by atoms with Gasteiger partial charge in [-0.15, -0.1) is 0 Å². The maximum absolute atomic E-state index is 10.8. The molecule has 74 valence electrons. The van der Waals surface area contributed by atoms with Gasteiger partial charge in [0, 0.05) is 6.08 Å². The minimum atomic E-state index is -1.05. The molecule has 0 aliphatic rings. The maximum Gasteiger partial charge on any atom is 1.00 e. The van der Waals surface area contributed by atoms with E-state index < -0.39 is 17.7 Å². The molecule has 6 heteroatoms. The molecule has 0 unspecified atom stereocenters. The van der Waals surface area contributed by atoms with E-state index in [1.165, 1.54) is 0 Å². The topological polar surface area (TPSA) is 75.7 Å². The number of carbonyl (C=O) groups is 2. The summed E-state index contributed by atoms with van der Waals surface area (Å²) in [6.07, 6.45) is 0.571. The molecule has 0 fully saturated rings. The average Bonchev–Trinajstić information content (AvgIpc) is 2.05. The van der Waals surface area contributed by atoms with Crippen LogP contribution in [-0.2, 0) is 19.1 Å². The van der Waals surface area contributed by atoms with E-state index in [4.69, 9.17) is 0 Å². The predicted molar refractivity (Wildman–Crippen MR) is 41.3 cm³/mol. The molecule has 0 N–H and O–H groups in total. The van der Waals surface area contributed by atoms with Gasteiger partial charge in [-0.05, 0) is 13.5 Å². The van der Waals surface area contributed by atoms with Crippen molar-refractivity contribution >= 4 is 11.8 Å². The second-order valence-corrected chi connectivity index (χ2v) is 1.98. The van der Waals surface area contributed by atoms with Crippen molar-refractivity contribution in [2.45, 2.75) is 13.8 Å². The van der Waals surface area contributed by atoms with Crippen LogP contribution in [0.1, 0.15) is 13.8 Å². The standard InChI is InChI=1S/C8H12O5.Na/c1-3-12-7(10)5-6(9)8(11)13-4-2;/h5,10H,3-4H2,1-2H3;/q;+1/p-1/b7-5+;. The monoisotopic (exact) mass is 210 g/mol. The Bertz CT molecular complexity index is 224. The molecule has 0 aromatic rings. The molecule has 0 radical (unpaired) electrons. The average molecular weight is 210 g/mol. The molecule has 0 aliphatic carbocycles. The Morgan fingerprint density at radius 2 is 1.71 bits per heavy atom. The van der Waals surface area contributed by atoms with E-state index in [0.717, 1.165) is 0 Å². The molecular formula is C8H11NaO5. The Morgan fingerprint density at radius 1 is 1.21 bits per heavy atom. The van der Waals surface area contributed by atoms with Crippen LogP contribution in [0.25, 0.3) is 0 Å². The zero-order valence-electron chi connectivity index (χ0n) is 8.53. The van der Waals surface area contributed by atoms with Gasteiger partial charge in [-0.25, -0.2) is 4.79 Å². The van der Waals surface area contributed by atoms with Crippen molar-refractivity contribution in [2.75, 3.05) is 13.2 Å². The minimum Gasteiger partial charge on any atom is -0.613 e. The molecule has 0 aliphatic heterocycles. The van der Waals surface area contributed by atoms with Gasteiger partial charge in [0.15, 0.2) is 0 Å². The van der Waals surface area contributed by atoms with Crippen LogP contribution in [-0.4, -0.2) is 25.0 Å². The molecule has 5 nitrogen and oxygen atoms in total. The summed E-state index contributed by atoms with van der Waals surface area (Å²) >= 11 is 0. The summed E-state index contributed by atoms with van der Waals surface area (Å²) in [5, 5.41) is 10.7. The van der Waals surface area contributed by atoms with Gasteiger partial charge in [0.05, 0.1) is 12.6 Å². The largest absolute Gasteiger partial charge is 1.00 e. The first-order valence-electron chi connectivity index (χ1n) is 3.84. The summed E-state index contributed by atoms with van der Waals surface area (Å²) < 4.78 is 8.77. The van der Waals surface area contributed by atoms with Crippen molar-refractivity contribution in [3.63, 3.8) is 0 Å². The normalized spacial score (nSPS) is 10.0. The van der Waals surface area contributed by atoms with E-state index in [9.17, 15) is 14.7 Å². The Kier molecular flexibility index (Phi) is 10.3. The Balaban J connectivity index is 0. The molecular weight excluding hydrogens is 199 g/mol. The predicted octanol–water partition coefficient (Wildman–Crippen LogP) is -3.64. The Hall–Kier alpha value is -0.520. The van der Waals surface area contributed by atoms with Gasteiger partial charge in [-0.2, -0.15) is 0 Å². The Labute approximate surface area is 104 Å². The molecule has 0 saturated heterocycles. The molecule has 0 atom stereocenters. The maximum atomic E-state index is 10.8. The summed E-state index contributed by atoms with van der Waals surface area (Å²) in [5.41, 5.74) is 0. The van der Waals surface area contributed by atoms with Crippen molar-refractivity contribution in [1.82, 2.24) is 0 Å². The van der Waals surface area contributed by atoms with Crippen molar-refractivity contribution < 1.29 is 53.7 Å². The molecule has 0 aromatic carbocycles. The number of rotatable bonds is 5. The third kappa shape index (κ3) is 6.94. The summed E-state index contributed by atoms with van der Waals surface area (Å²) in [5.74, 6) is -2.88. The van der Waals surface area contributed by atoms with Crippen molar-refractivity contribution in [2.24, 2.45) is 0 Å². The second kappa shape index (κ2) is 9.05. The van der Waals surface area contributed by atoms with Gasteiger partial charge < -0.3 is 14.6 Å². The van der Waals surface area contributed by atoms with Crippen molar-refractivity contribution in [3.05, 3.63) is 12.0 Å². The van der Waals surface area contributed by atoms with E-state index in [2.05, 4.69) is 9.47 Å². The zero-order valence-corrected chi connectivity index (χ0v) is 10.5. The number of ether oxygens (including phenoxy) is 2. The second-order valence-electron chi connectivity index (χ2n) is 1.98. The van der Waals surface area contributed by atoms with Gasteiger partial charge >= 0.3 is 35.5 Å². The fourth-order valence-electron chi connectivity index (χ4n) is 0.552. The summed E-state index contributed by atoms with van der Waals surface area (Å²) in [6.45, 7) is 3.42. The number of hydrogen-bond donors (Lipinski definition) is 0. The quantitative estimate of drug-likeness (QED) is 0.154. The third-order valence-electron chi connectivity index (χ3n) is 1.01. The smallest absolute Gasteiger partial charge is 0.613 e.